The predicted octanol–water partition coefficient (Wildman–Crippen LogP) is 0.0666. The average molecular weight is 314 g/mol. The van der Waals surface area contributed by atoms with Crippen LogP contribution in [-0.2, 0) is 16.1 Å². The van der Waals surface area contributed by atoms with E-state index in [0.29, 0.717) is 13.1 Å². The summed E-state index contributed by atoms with van der Waals surface area (Å²) in [6.45, 7) is 1.16. The smallest absolute Gasteiger partial charge is 0.326 e. The highest BCUT2D eigenvalue weighted by atomic mass is 16.2. The summed E-state index contributed by atoms with van der Waals surface area (Å²) in [6, 6.07) is 7.24. The van der Waals surface area contributed by atoms with Crippen LogP contribution in [0.1, 0.15) is 12.8 Å². The number of benzene rings is 1. The van der Waals surface area contributed by atoms with Crippen LogP contribution >= 0.6 is 0 Å². The number of carbonyl (C=O) groups excluding carboxylic acids is 2. The monoisotopic (exact) mass is 314 g/mol. The molecule has 0 bridgehead atoms. The van der Waals surface area contributed by atoms with E-state index >= 15 is 0 Å². The van der Waals surface area contributed by atoms with Gasteiger partial charge in [0.15, 0.2) is 0 Å². The first-order chi connectivity index (χ1) is 11.1. The largest absolute Gasteiger partial charge is 0.354 e. The topological polar surface area (TPSA) is 87.2 Å². The fourth-order valence-corrected chi connectivity index (χ4v) is 3.75. The molecule has 1 aromatic carbocycles. The van der Waals surface area contributed by atoms with Crippen LogP contribution in [0.4, 0.5) is 0 Å². The number of nitrogens with zero attached hydrogens (tertiary/aromatic N) is 2. The number of fused-ring (bicyclic) bond motifs is 2. The van der Waals surface area contributed by atoms with Gasteiger partial charge in [-0.1, -0.05) is 12.1 Å². The van der Waals surface area contributed by atoms with Crippen LogP contribution in [0, 0.1) is 5.92 Å². The van der Waals surface area contributed by atoms with Gasteiger partial charge in [0, 0.05) is 13.1 Å². The first-order valence-corrected chi connectivity index (χ1v) is 7.90. The van der Waals surface area contributed by atoms with Gasteiger partial charge in [-0.05, 0) is 25.0 Å². The summed E-state index contributed by atoms with van der Waals surface area (Å²) in [5, 5.41) is 2.84. The van der Waals surface area contributed by atoms with Gasteiger partial charge in [0.1, 0.15) is 6.54 Å². The van der Waals surface area contributed by atoms with Crippen LogP contribution in [0.5, 0.6) is 0 Å². The number of amides is 2. The van der Waals surface area contributed by atoms with Crippen molar-refractivity contribution in [3.05, 3.63) is 34.7 Å². The van der Waals surface area contributed by atoms with E-state index in [-0.39, 0.29) is 36.0 Å². The molecule has 2 fully saturated rings. The van der Waals surface area contributed by atoms with Crippen molar-refractivity contribution in [2.45, 2.75) is 25.4 Å². The van der Waals surface area contributed by atoms with Crippen molar-refractivity contribution in [3.63, 3.8) is 0 Å². The molecular weight excluding hydrogens is 296 g/mol. The average Bonchev–Trinajstić information content (AvgIpc) is 3.08. The Morgan fingerprint density at radius 2 is 2.09 bits per heavy atom. The molecular formula is C16H18N4O3. The number of carbonyl (C=O) groups is 2. The Balaban J connectivity index is 1.61. The lowest BCUT2D eigenvalue weighted by Crippen LogP contribution is -2.50. The third kappa shape index (κ3) is 2.23. The zero-order valence-corrected chi connectivity index (χ0v) is 12.6. The van der Waals surface area contributed by atoms with Crippen molar-refractivity contribution in [2.75, 3.05) is 13.1 Å². The molecule has 0 spiro atoms. The van der Waals surface area contributed by atoms with Gasteiger partial charge >= 0.3 is 5.69 Å². The first kappa shape index (κ1) is 14.0. The summed E-state index contributed by atoms with van der Waals surface area (Å²) in [5.41, 5.74) is 1.16. The summed E-state index contributed by atoms with van der Waals surface area (Å²) < 4.78 is 1.46. The van der Waals surface area contributed by atoms with Crippen LogP contribution < -0.4 is 11.0 Å². The number of hydrogen-bond acceptors (Lipinski definition) is 3. The van der Waals surface area contributed by atoms with Gasteiger partial charge in [-0.15, -0.1) is 0 Å². The molecule has 4 rings (SSSR count). The van der Waals surface area contributed by atoms with Crippen molar-refractivity contribution >= 4 is 22.8 Å². The second kappa shape index (κ2) is 5.26. The van der Waals surface area contributed by atoms with E-state index in [4.69, 9.17) is 0 Å². The Hall–Kier alpha value is -2.57. The second-order valence-corrected chi connectivity index (χ2v) is 6.18. The zero-order valence-electron chi connectivity index (χ0n) is 12.6. The number of piperidine rings is 1. The molecule has 23 heavy (non-hydrogen) atoms. The van der Waals surface area contributed by atoms with Crippen molar-refractivity contribution in [1.82, 2.24) is 19.8 Å². The van der Waals surface area contributed by atoms with E-state index in [1.807, 2.05) is 24.3 Å². The van der Waals surface area contributed by atoms with E-state index in [1.165, 1.54) is 4.57 Å². The Labute approximate surface area is 132 Å². The molecule has 2 saturated heterocycles. The minimum Gasteiger partial charge on any atom is -0.354 e. The van der Waals surface area contributed by atoms with E-state index in [9.17, 15) is 14.4 Å². The first-order valence-electron chi connectivity index (χ1n) is 7.90. The molecule has 3 heterocycles. The number of nitrogens with one attached hydrogen (secondary N) is 2. The number of likely N-dealkylation sites (tertiary alicyclic amines) is 1. The quantitative estimate of drug-likeness (QED) is 0.822. The maximum atomic E-state index is 12.7. The van der Waals surface area contributed by atoms with Gasteiger partial charge in [0.2, 0.25) is 11.8 Å². The Morgan fingerprint density at radius 1 is 1.26 bits per heavy atom. The summed E-state index contributed by atoms with van der Waals surface area (Å²) in [5.74, 6) is -0.174. The number of rotatable bonds is 2. The molecule has 2 aromatic rings. The molecule has 0 unspecified atom stereocenters. The number of H-pyrrole nitrogens is 1. The second-order valence-electron chi connectivity index (χ2n) is 6.18. The van der Waals surface area contributed by atoms with Gasteiger partial charge < -0.3 is 15.2 Å². The van der Waals surface area contributed by atoms with Crippen LogP contribution in [0.3, 0.4) is 0 Å². The molecule has 0 radical (unpaired) electrons. The standard InChI is InChI=1S/C16H18N4O3/c21-14(19-7-3-4-10-13(19)8-17-15(10)22)9-20-12-6-2-1-5-11(12)18-16(20)23/h1-2,5-6,10,13H,3-4,7-9H2,(H,17,22)(H,18,23)/t10-,13-/m1/s1. The van der Waals surface area contributed by atoms with Crippen molar-refractivity contribution in [1.29, 1.82) is 0 Å². The van der Waals surface area contributed by atoms with E-state index in [1.54, 1.807) is 4.90 Å². The Kier molecular flexibility index (Phi) is 3.21. The Morgan fingerprint density at radius 3 is 2.96 bits per heavy atom. The molecule has 2 atom stereocenters. The summed E-state index contributed by atoms with van der Waals surface area (Å²) >= 11 is 0. The number of aromatic amines is 1. The Bertz CT molecular complexity index is 837. The highest BCUT2D eigenvalue weighted by Gasteiger charge is 2.42. The number of imidazole rings is 1. The van der Waals surface area contributed by atoms with Gasteiger partial charge in [-0.2, -0.15) is 0 Å². The molecule has 120 valence electrons. The fourth-order valence-electron chi connectivity index (χ4n) is 3.75. The minimum absolute atomic E-state index is 0.000255. The minimum atomic E-state index is -0.284. The maximum Gasteiger partial charge on any atom is 0.326 e. The molecule has 2 aliphatic heterocycles. The van der Waals surface area contributed by atoms with Crippen LogP contribution in [0.25, 0.3) is 11.0 Å². The third-order valence-electron chi connectivity index (χ3n) is 4.90. The maximum absolute atomic E-state index is 12.7. The highest BCUT2D eigenvalue weighted by molar-refractivity contribution is 5.85. The van der Waals surface area contributed by atoms with Crippen LogP contribution in [0.2, 0.25) is 0 Å². The van der Waals surface area contributed by atoms with Crippen molar-refractivity contribution in [3.8, 4) is 0 Å². The molecule has 7 heteroatoms. The van der Waals surface area contributed by atoms with E-state index in [2.05, 4.69) is 10.3 Å². The number of hydrogen-bond donors (Lipinski definition) is 2. The summed E-state index contributed by atoms with van der Waals surface area (Å²) in [7, 11) is 0. The number of aromatic nitrogens is 2. The third-order valence-corrected chi connectivity index (χ3v) is 4.90. The zero-order chi connectivity index (χ0) is 16.0. The van der Waals surface area contributed by atoms with Gasteiger partial charge in [0.05, 0.1) is 23.0 Å². The van der Waals surface area contributed by atoms with Gasteiger partial charge in [-0.3, -0.25) is 14.2 Å². The summed E-state index contributed by atoms with van der Waals surface area (Å²) in [4.78, 5) is 41.2. The van der Waals surface area contributed by atoms with Crippen LogP contribution in [0.15, 0.2) is 29.1 Å². The fraction of sp³-hybridized carbons (Fsp3) is 0.438. The normalized spacial score (nSPS) is 23.8. The predicted molar refractivity (Wildman–Crippen MR) is 83.8 cm³/mol. The van der Waals surface area contributed by atoms with E-state index in [0.717, 1.165) is 23.9 Å². The number of para-hydroxylation sites is 2. The van der Waals surface area contributed by atoms with Gasteiger partial charge in [0.25, 0.3) is 0 Å². The highest BCUT2D eigenvalue weighted by Crippen LogP contribution is 2.27. The molecule has 7 nitrogen and oxygen atoms in total. The molecule has 2 aliphatic rings. The van der Waals surface area contributed by atoms with Crippen LogP contribution in [-0.4, -0.2) is 45.4 Å². The molecule has 2 amide bonds. The van der Waals surface area contributed by atoms with Crippen molar-refractivity contribution in [2.24, 2.45) is 5.92 Å². The molecule has 0 aliphatic carbocycles. The lowest BCUT2D eigenvalue weighted by atomic mass is 9.91. The van der Waals surface area contributed by atoms with Crippen molar-refractivity contribution < 1.29 is 9.59 Å². The summed E-state index contributed by atoms with van der Waals surface area (Å²) in [6.07, 6.45) is 1.65. The lowest BCUT2D eigenvalue weighted by molar-refractivity contribution is -0.137. The molecule has 1 aromatic heterocycles. The lowest BCUT2D eigenvalue weighted by Gasteiger charge is -2.36. The SMILES string of the molecule is O=C1NC[C@@H]2[C@H]1CCCN2C(=O)Cn1c(=O)[nH]c2ccccc21. The molecule has 2 N–H and O–H groups in total. The van der Waals surface area contributed by atoms with E-state index < -0.39 is 0 Å². The van der Waals surface area contributed by atoms with Gasteiger partial charge in [-0.25, -0.2) is 4.79 Å². The molecule has 0 saturated carbocycles.